The highest BCUT2D eigenvalue weighted by molar-refractivity contribution is 7.08. The van der Waals surface area contributed by atoms with Crippen molar-refractivity contribution in [3.8, 4) is 0 Å². The fraction of sp³-hybridized carbons (Fsp3) is 0.636. The molecule has 0 aliphatic heterocycles. The number of hydrogen-bond donors (Lipinski definition) is 1. The summed E-state index contributed by atoms with van der Waals surface area (Å²) in [7, 11) is 0. The van der Waals surface area contributed by atoms with Crippen LogP contribution in [0.15, 0.2) is 10.8 Å². The van der Waals surface area contributed by atoms with Crippen LogP contribution < -0.4 is 5.32 Å². The molecule has 1 saturated carbocycles. The van der Waals surface area contributed by atoms with Gasteiger partial charge in [-0.2, -0.15) is 0 Å². The largest absolute Gasteiger partial charge is 0.381 e. The van der Waals surface area contributed by atoms with Crippen LogP contribution in [0.5, 0.6) is 0 Å². The lowest BCUT2D eigenvalue weighted by molar-refractivity contribution is 0.556. The van der Waals surface area contributed by atoms with Gasteiger partial charge in [-0.1, -0.05) is 13.3 Å². The van der Waals surface area contributed by atoms with Crippen molar-refractivity contribution in [1.29, 1.82) is 0 Å². The van der Waals surface area contributed by atoms with E-state index in [2.05, 4.69) is 29.9 Å². The topological polar surface area (TPSA) is 12.0 Å². The molecule has 0 amide bonds. The van der Waals surface area contributed by atoms with Gasteiger partial charge in [0.2, 0.25) is 0 Å². The summed E-state index contributed by atoms with van der Waals surface area (Å²) >= 11 is 1.79. The van der Waals surface area contributed by atoms with Crippen LogP contribution in [0.1, 0.15) is 31.7 Å². The molecule has 0 saturated heterocycles. The Morgan fingerprint density at radius 3 is 2.77 bits per heavy atom. The van der Waals surface area contributed by atoms with Gasteiger partial charge in [-0.05, 0) is 36.6 Å². The molecule has 2 rings (SSSR count). The first-order chi connectivity index (χ1) is 6.27. The molecule has 0 bridgehead atoms. The van der Waals surface area contributed by atoms with Crippen molar-refractivity contribution in [3.05, 3.63) is 16.3 Å². The molecule has 1 aromatic heterocycles. The summed E-state index contributed by atoms with van der Waals surface area (Å²) in [6.45, 7) is 4.53. The van der Waals surface area contributed by atoms with Crippen molar-refractivity contribution in [3.63, 3.8) is 0 Å². The van der Waals surface area contributed by atoms with Gasteiger partial charge in [0.25, 0.3) is 0 Å². The molecular weight excluding hydrogens is 178 g/mol. The van der Waals surface area contributed by atoms with E-state index in [0.717, 1.165) is 5.92 Å². The second-order valence-corrected chi connectivity index (χ2v) is 4.87. The fourth-order valence-electron chi connectivity index (χ4n) is 2.07. The number of aryl methyl sites for hydroxylation is 1. The second kappa shape index (κ2) is 3.70. The summed E-state index contributed by atoms with van der Waals surface area (Å²) < 4.78 is 0. The van der Waals surface area contributed by atoms with Gasteiger partial charge in [-0.3, -0.25) is 0 Å². The molecule has 2 heteroatoms. The van der Waals surface area contributed by atoms with E-state index in [1.807, 2.05) is 0 Å². The SMILES string of the molecule is Cc1cscc1NC1CCCC1C. The minimum Gasteiger partial charge on any atom is -0.381 e. The van der Waals surface area contributed by atoms with Gasteiger partial charge >= 0.3 is 0 Å². The summed E-state index contributed by atoms with van der Waals surface area (Å²) in [4.78, 5) is 0. The summed E-state index contributed by atoms with van der Waals surface area (Å²) in [6, 6.07) is 0.716. The average Bonchev–Trinajstić information content (AvgIpc) is 2.65. The number of anilines is 1. The van der Waals surface area contributed by atoms with E-state index >= 15 is 0 Å². The first-order valence-corrected chi connectivity index (χ1v) is 6.01. The van der Waals surface area contributed by atoms with E-state index in [1.165, 1.54) is 30.5 Å². The highest BCUT2D eigenvalue weighted by atomic mass is 32.1. The molecule has 2 atom stereocenters. The lowest BCUT2D eigenvalue weighted by Gasteiger charge is -2.18. The maximum atomic E-state index is 3.65. The van der Waals surface area contributed by atoms with E-state index in [1.54, 1.807) is 11.3 Å². The minimum atomic E-state index is 0.716. The lowest BCUT2D eigenvalue weighted by Crippen LogP contribution is -2.21. The van der Waals surface area contributed by atoms with Crippen LogP contribution >= 0.6 is 11.3 Å². The molecule has 13 heavy (non-hydrogen) atoms. The standard InChI is InChI=1S/C11H17NS/c1-8-4-3-5-10(8)12-11-7-13-6-9(11)2/h6-8,10,12H,3-5H2,1-2H3. The van der Waals surface area contributed by atoms with Crippen molar-refractivity contribution in [2.45, 2.75) is 39.2 Å². The van der Waals surface area contributed by atoms with E-state index in [-0.39, 0.29) is 0 Å². The van der Waals surface area contributed by atoms with Gasteiger partial charge in [0.1, 0.15) is 0 Å². The van der Waals surface area contributed by atoms with Gasteiger partial charge in [0.05, 0.1) is 0 Å². The van der Waals surface area contributed by atoms with Crippen LogP contribution in [0.2, 0.25) is 0 Å². The summed E-state index contributed by atoms with van der Waals surface area (Å²) in [5.74, 6) is 0.847. The molecule has 1 fully saturated rings. The van der Waals surface area contributed by atoms with Gasteiger partial charge in [0.15, 0.2) is 0 Å². The molecule has 72 valence electrons. The third-order valence-electron chi connectivity index (χ3n) is 3.06. The van der Waals surface area contributed by atoms with Crippen molar-refractivity contribution in [2.24, 2.45) is 5.92 Å². The van der Waals surface area contributed by atoms with Crippen LogP contribution in [-0.4, -0.2) is 6.04 Å². The predicted molar refractivity (Wildman–Crippen MR) is 59.5 cm³/mol. The van der Waals surface area contributed by atoms with Crippen LogP contribution in [0.3, 0.4) is 0 Å². The Bertz CT molecular complexity index is 279. The van der Waals surface area contributed by atoms with Crippen molar-refractivity contribution in [1.82, 2.24) is 0 Å². The third kappa shape index (κ3) is 1.88. The van der Waals surface area contributed by atoms with E-state index in [9.17, 15) is 0 Å². The quantitative estimate of drug-likeness (QED) is 0.759. The Labute approximate surface area is 84.2 Å². The molecule has 1 nitrogen and oxygen atoms in total. The first-order valence-electron chi connectivity index (χ1n) is 5.06. The van der Waals surface area contributed by atoms with E-state index < -0.39 is 0 Å². The maximum Gasteiger partial charge on any atom is 0.0480 e. The number of hydrogen-bond acceptors (Lipinski definition) is 2. The smallest absolute Gasteiger partial charge is 0.0480 e. The van der Waals surface area contributed by atoms with E-state index in [4.69, 9.17) is 0 Å². The molecule has 1 aromatic rings. The van der Waals surface area contributed by atoms with Crippen LogP contribution in [0, 0.1) is 12.8 Å². The van der Waals surface area contributed by atoms with Gasteiger partial charge < -0.3 is 5.32 Å². The molecule has 1 N–H and O–H groups in total. The number of rotatable bonds is 2. The maximum absolute atomic E-state index is 3.65. The summed E-state index contributed by atoms with van der Waals surface area (Å²) in [6.07, 6.45) is 4.12. The Balaban J connectivity index is 2.01. The number of thiophene rings is 1. The third-order valence-corrected chi connectivity index (χ3v) is 3.92. The highest BCUT2D eigenvalue weighted by Gasteiger charge is 2.23. The average molecular weight is 195 g/mol. The molecule has 0 aromatic carbocycles. The molecule has 0 radical (unpaired) electrons. The van der Waals surface area contributed by atoms with Crippen molar-refractivity contribution >= 4 is 17.0 Å². The van der Waals surface area contributed by atoms with Crippen LogP contribution in [0.4, 0.5) is 5.69 Å². The molecule has 1 heterocycles. The molecule has 1 aliphatic carbocycles. The first kappa shape index (κ1) is 9.07. The Morgan fingerprint density at radius 1 is 1.38 bits per heavy atom. The molecule has 1 aliphatic rings. The fourth-order valence-corrected chi connectivity index (χ4v) is 2.86. The molecular formula is C11H17NS. The summed E-state index contributed by atoms with van der Waals surface area (Å²) in [5, 5.41) is 8.08. The molecule has 0 spiro atoms. The Hall–Kier alpha value is -0.500. The zero-order chi connectivity index (χ0) is 9.26. The van der Waals surface area contributed by atoms with Gasteiger partial charge in [-0.25, -0.2) is 0 Å². The predicted octanol–water partition coefficient (Wildman–Crippen LogP) is 3.66. The lowest BCUT2D eigenvalue weighted by atomic mass is 10.1. The number of nitrogens with one attached hydrogen (secondary N) is 1. The van der Waals surface area contributed by atoms with Crippen molar-refractivity contribution in [2.75, 3.05) is 5.32 Å². The Kier molecular flexibility index (Phi) is 2.58. The molecule has 2 unspecified atom stereocenters. The van der Waals surface area contributed by atoms with E-state index in [0.29, 0.717) is 6.04 Å². The zero-order valence-electron chi connectivity index (χ0n) is 8.34. The van der Waals surface area contributed by atoms with Gasteiger partial charge in [-0.15, -0.1) is 11.3 Å². The normalized spacial score (nSPS) is 27.8. The zero-order valence-corrected chi connectivity index (χ0v) is 9.16. The van der Waals surface area contributed by atoms with Crippen LogP contribution in [-0.2, 0) is 0 Å². The Morgan fingerprint density at radius 2 is 2.23 bits per heavy atom. The highest BCUT2D eigenvalue weighted by Crippen LogP contribution is 2.30. The monoisotopic (exact) mass is 195 g/mol. The van der Waals surface area contributed by atoms with Crippen LogP contribution in [0.25, 0.3) is 0 Å². The second-order valence-electron chi connectivity index (χ2n) is 4.13. The minimum absolute atomic E-state index is 0.716. The van der Waals surface area contributed by atoms with Gasteiger partial charge in [0, 0.05) is 17.1 Å². The van der Waals surface area contributed by atoms with Crippen molar-refractivity contribution < 1.29 is 0 Å². The summed E-state index contributed by atoms with van der Waals surface area (Å²) in [5.41, 5.74) is 2.74.